The van der Waals surface area contributed by atoms with Gasteiger partial charge in [0.2, 0.25) is 10.0 Å². The standard InChI is InChI=1S/C8H20N2O4S/c1-9-4-8-15(11,12)10-3-5-14-7-6-13-2/h9-10H,3-8H2,1-2H3. The molecule has 0 atom stereocenters. The molecule has 0 saturated carbocycles. The summed E-state index contributed by atoms with van der Waals surface area (Å²) in [5.74, 6) is 0.0849. The molecule has 0 aromatic rings. The van der Waals surface area contributed by atoms with Crippen LogP contribution in [0.3, 0.4) is 0 Å². The summed E-state index contributed by atoms with van der Waals surface area (Å²) in [6.45, 7) is 2.11. The minimum absolute atomic E-state index is 0.0849. The van der Waals surface area contributed by atoms with Crippen LogP contribution >= 0.6 is 0 Å². The van der Waals surface area contributed by atoms with E-state index in [2.05, 4.69) is 10.0 Å². The fourth-order valence-corrected chi connectivity index (χ4v) is 1.83. The Balaban J connectivity index is 3.41. The van der Waals surface area contributed by atoms with Gasteiger partial charge < -0.3 is 14.8 Å². The van der Waals surface area contributed by atoms with Crippen molar-refractivity contribution in [2.24, 2.45) is 0 Å². The van der Waals surface area contributed by atoms with E-state index in [0.29, 0.717) is 32.9 Å². The van der Waals surface area contributed by atoms with E-state index in [9.17, 15) is 8.42 Å². The topological polar surface area (TPSA) is 76.7 Å². The average molecular weight is 240 g/mol. The molecule has 0 fully saturated rings. The Morgan fingerprint density at radius 3 is 2.47 bits per heavy atom. The molecule has 0 unspecified atom stereocenters. The lowest BCUT2D eigenvalue weighted by Crippen LogP contribution is -2.33. The van der Waals surface area contributed by atoms with Crippen molar-refractivity contribution >= 4 is 10.0 Å². The summed E-state index contributed by atoms with van der Waals surface area (Å²) in [5.41, 5.74) is 0. The summed E-state index contributed by atoms with van der Waals surface area (Å²) in [5, 5.41) is 2.78. The van der Waals surface area contributed by atoms with Crippen LogP contribution < -0.4 is 10.0 Å². The van der Waals surface area contributed by atoms with Crippen molar-refractivity contribution in [2.75, 3.05) is 52.8 Å². The molecule has 0 bridgehead atoms. The van der Waals surface area contributed by atoms with E-state index in [-0.39, 0.29) is 5.75 Å². The lowest BCUT2D eigenvalue weighted by atomic mass is 10.7. The van der Waals surface area contributed by atoms with Crippen LogP contribution in [-0.2, 0) is 19.5 Å². The van der Waals surface area contributed by atoms with Crippen LogP contribution in [0.15, 0.2) is 0 Å². The second kappa shape index (κ2) is 9.05. The van der Waals surface area contributed by atoms with Crippen LogP contribution in [0.1, 0.15) is 0 Å². The van der Waals surface area contributed by atoms with Gasteiger partial charge in [-0.15, -0.1) is 0 Å². The predicted molar refractivity (Wildman–Crippen MR) is 58.4 cm³/mol. The Morgan fingerprint density at radius 2 is 1.87 bits per heavy atom. The van der Waals surface area contributed by atoms with Gasteiger partial charge in [-0.25, -0.2) is 13.1 Å². The molecule has 0 aliphatic rings. The number of sulfonamides is 1. The van der Waals surface area contributed by atoms with Crippen molar-refractivity contribution < 1.29 is 17.9 Å². The molecular formula is C8H20N2O4S. The maximum absolute atomic E-state index is 11.2. The first-order valence-corrected chi connectivity index (χ1v) is 6.46. The summed E-state index contributed by atoms with van der Waals surface area (Å²) in [4.78, 5) is 0. The molecule has 0 aromatic carbocycles. The zero-order chi connectivity index (χ0) is 11.6. The highest BCUT2D eigenvalue weighted by Gasteiger charge is 2.07. The first-order valence-electron chi connectivity index (χ1n) is 4.81. The van der Waals surface area contributed by atoms with Crippen LogP contribution in [0.25, 0.3) is 0 Å². The van der Waals surface area contributed by atoms with Crippen molar-refractivity contribution in [3.8, 4) is 0 Å². The molecule has 0 aromatic heterocycles. The number of rotatable bonds is 10. The first kappa shape index (κ1) is 14.8. The Labute approximate surface area is 91.4 Å². The second-order valence-electron chi connectivity index (χ2n) is 2.92. The molecule has 7 heteroatoms. The average Bonchev–Trinajstić information content (AvgIpc) is 2.20. The van der Waals surface area contributed by atoms with E-state index in [0.717, 1.165) is 0 Å². The number of ether oxygens (including phenoxy) is 2. The molecule has 0 aliphatic heterocycles. The summed E-state index contributed by atoms with van der Waals surface area (Å²) >= 11 is 0. The maximum Gasteiger partial charge on any atom is 0.212 e. The number of methoxy groups -OCH3 is 1. The Morgan fingerprint density at radius 1 is 1.13 bits per heavy atom. The minimum Gasteiger partial charge on any atom is -0.382 e. The highest BCUT2D eigenvalue weighted by atomic mass is 32.2. The Kier molecular flexibility index (Phi) is 8.92. The fourth-order valence-electron chi connectivity index (χ4n) is 0.822. The van der Waals surface area contributed by atoms with Crippen LogP contribution in [-0.4, -0.2) is 61.2 Å². The van der Waals surface area contributed by atoms with Crippen LogP contribution in [0.2, 0.25) is 0 Å². The fraction of sp³-hybridized carbons (Fsp3) is 1.00. The Hall–Kier alpha value is -0.210. The molecule has 0 radical (unpaired) electrons. The molecule has 0 saturated heterocycles. The van der Waals surface area contributed by atoms with Crippen molar-refractivity contribution in [3.05, 3.63) is 0 Å². The second-order valence-corrected chi connectivity index (χ2v) is 4.85. The SMILES string of the molecule is CNCCS(=O)(=O)NCCOCCOC. The van der Waals surface area contributed by atoms with Gasteiger partial charge in [-0.05, 0) is 7.05 Å². The van der Waals surface area contributed by atoms with Gasteiger partial charge in [-0.3, -0.25) is 0 Å². The largest absolute Gasteiger partial charge is 0.382 e. The normalized spacial score (nSPS) is 11.9. The summed E-state index contributed by atoms with van der Waals surface area (Å²) in [6, 6.07) is 0. The molecule has 2 N–H and O–H groups in total. The first-order chi connectivity index (χ1) is 7.12. The minimum atomic E-state index is -3.16. The zero-order valence-corrected chi connectivity index (χ0v) is 10.1. The van der Waals surface area contributed by atoms with Gasteiger partial charge in [0.05, 0.1) is 25.6 Å². The van der Waals surface area contributed by atoms with E-state index < -0.39 is 10.0 Å². The summed E-state index contributed by atoms with van der Waals surface area (Å²) < 4.78 is 34.8. The van der Waals surface area contributed by atoms with Gasteiger partial charge in [0.25, 0.3) is 0 Å². The maximum atomic E-state index is 11.2. The number of hydrogen-bond donors (Lipinski definition) is 2. The molecule has 92 valence electrons. The summed E-state index contributed by atoms with van der Waals surface area (Å²) in [7, 11) is 0.139. The van der Waals surface area contributed by atoms with Crippen LogP contribution in [0.5, 0.6) is 0 Å². The van der Waals surface area contributed by atoms with E-state index >= 15 is 0 Å². The van der Waals surface area contributed by atoms with Crippen molar-refractivity contribution in [1.29, 1.82) is 0 Å². The van der Waals surface area contributed by atoms with Crippen LogP contribution in [0.4, 0.5) is 0 Å². The van der Waals surface area contributed by atoms with E-state index in [4.69, 9.17) is 9.47 Å². The highest BCUT2D eigenvalue weighted by Crippen LogP contribution is 1.82. The van der Waals surface area contributed by atoms with Gasteiger partial charge in [0.1, 0.15) is 0 Å². The van der Waals surface area contributed by atoms with E-state index in [1.54, 1.807) is 14.2 Å². The van der Waals surface area contributed by atoms with Crippen LogP contribution in [0, 0.1) is 0 Å². The molecule has 6 nitrogen and oxygen atoms in total. The van der Waals surface area contributed by atoms with Gasteiger partial charge in [-0.1, -0.05) is 0 Å². The third kappa shape index (κ3) is 10.1. The third-order valence-electron chi connectivity index (χ3n) is 1.62. The Bertz CT molecular complexity index is 231. The van der Waals surface area contributed by atoms with Crippen molar-refractivity contribution in [3.63, 3.8) is 0 Å². The quantitative estimate of drug-likeness (QED) is 0.469. The predicted octanol–water partition coefficient (Wildman–Crippen LogP) is -1.21. The molecule has 0 spiro atoms. The number of hydrogen-bond acceptors (Lipinski definition) is 5. The van der Waals surface area contributed by atoms with Crippen molar-refractivity contribution in [2.45, 2.75) is 0 Å². The molecule has 0 aliphatic carbocycles. The molecule has 15 heavy (non-hydrogen) atoms. The lowest BCUT2D eigenvalue weighted by molar-refractivity contribution is 0.0736. The van der Waals surface area contributed by atoms with Crippen molar-refractivity contribution in [1.82, 2.24) is 10.0 Å². The van der Waals surface area contributed by atoms with E-state index in [1.165, 1.54) is 0 Å². The zero-order valence-electron chi connectivity index (χ0n) is 9.28. The molecule has 0 heterocycles. The van der Waals surface area contributed by atoms with Gasteiger partial charge in [0.15, 0.2) is 0 Å². The smallest absolute Gasteiger partial charge is 0.212 e. The van der Waals surface area contributed by atoms with Gasteiger partial charge in [0, 0.05) is 20.2 Å². The monoisotopic (exact) mass is 240 g/mol. The molecule has 0 amide bonds. The van der Waals surface area contributed by atoms with Gasteiger partial charge >= 0.3 is 0 Å². The summed E-state index contributed by atoms with van der Waals surface area (Å²) in [6.07, 6.45) is 0. The number of nitrogens with one attached hydrogen (secondary N) is 2. The highest BCUT2D eigenvalue weighted by molar-refractivity contribution is 7.89. The molecular weight excluding hydrogens is 220 g/mol. The van der Waals surface area contributed by atoms with Gasteiger partial charge in [-0.2, -0.15) is 0 Å². The van der Waals surface area contributed by atoms with E-state index in [1.807, 2.05) is 0 Å². The third-order valence-corrected chi connectivity index (χ3v) is 3.01. The lowest BCUT2D eigenvalue weighted by Gasteiger charge is -2.06. The molecule has 0 rings (SSSR count).